The number of rotatable bonds is 5. The zero-order valence-corrected chi connectivity index (χ0v) is 15.1. The zero-order valence-electron chi connectivity index (χ0n) is 14.3. The fraction of sp³-hybridized carbons (Fsp3) is 0.222. The van der Waals surface area contributed by atoms with Crippen molar-refractivity contribution in [3.63, 3.8) is 0 Å². The SMILES string of the molecule is COc1ccc(Cl)cc1NC(=O)C(C)(C)C(=O)Nc1ccc(F)cc1F. The smallest absolute Gasteiger partial charge is 0.239 e. The van der Waals surface area contributed by atoms with Gasteiger partial charge >= 0.3 is 0 Å². The Balaban J connectivity index is 2.19. The van der Waals surface area contributed by atoms with Crippen LogP contribution in [0.25, 0.3) is 0 Å². The third-order valence-corrected chi connectivity index (χ3v) is 3.96. The van der Waals surface area contributed by atoms with Crippen LogP contribution in [0.3, 0.4) is 0 Å². The predicted molar refractivity (Wildman–Crippen MR) is 95.4 cm³/mol. The van der Waals surface area contributed by atoms with Gasteiger partial charge in [0.05, 0.1) is 18.5 Å². The summed E-state index contributed by atoms with van der Waals surface area (Å²) in [5, 5.41) is 5.23. The van der Waals surface area contributed by atoms with Crippen molar-refractivity contribution >= 4 is 34.8 Å². The number of halogens is 3. The van der Waals surface area contributed by atoms with Crippen molar-refractivity contribution < 1.29 is 23.1 Å². The summed E-state index contributed by atoms with van der Waals surface area (Å²) in [6.45, 7) is 2.74. The van der Waals surface area contributed by atoms with Gasteiger partial charge in [-0.25, -0.2) is 8.78 Å². The van der Waals surface area contributed by atoms with Gasteiger partial charge in [-0.15, -0.1) is 0 Å². The lowest BCUT2D eigenvalue weighted by Gasteiger charge is -2.23. The quantitative estimate of drug-likeness (QED) is 0.760. The van der Waals surface area contributed by atoms with Crippen LogP contribution >= 0.6 is 11.6 Å². The summed E-state index contributed by atoms with van der Waals surface area (Å²) in [6, 6.07) is 7.36. The van der Waals surface area contributed by atoms with Gasteiger partial charge in [0, 0.05) is 11.1 Å². The largest absolute Gasteiger partial charge is 0.495 e. The molecule has 2 aromatic carbocycles. The van der Waals surface area contributed by atoms with Crippen molar-refractivity contribution in [2.45, 2.75) is 13.8 Å². The molecule has 2 amide bonds. The average molecular weight is 383 g/mol. The molecule has 0 aliphatic rings. The number of carbonyl (C=O) groups is 2. The molecule has 26 heavy (non-hydrogen) atoms. The standard InChI is InChI=1S/C18H17ClF2N2O3/c1-18(2,16(24)22-13-6-5-11(20)9-12(13)21)17(25)23-14-8-10(19)4-7-15(14)26-3/h4-9H,1-3H3,(H,22,24)(H,23,25). The highest BCUT2D eigenvalue weighted by Crippen LogP contribution is 2.30. The van der Waals surface area contributed by atoms with E-state index in [1.165, 1.54) is 27.0 Å². The number of benzene rings is 2. The van der Waals surface area contributed by atoms with Crippen LogP contribution in [0.1, 0.15) is 13.8 Å². The highest BCUT2D eigenvalue weighted by molar-refractivity contribution is 6.31. The molecule has 0 atom stereocenters. The molecule has 0 radical (unpaired) electrons. The number of nitrogens with one attached hydrogen (secondary N) is 2. The highest BCUT2D eigenvalue weighted by atomic mass is 35.5. The number of hydrogen-bond acceptors (Lipinski definition) is 3. The van der Waals surface area contributed by atoms with Crippen LogP contribution in [-0.4, -0.2) is 18.9 Å². The summed E-state index contributed by atoms with van der Waals surface area (Å²) in [5.74, 6) is -2.76. The van der Waals surface area contributed by atoms with E-state index in [1.54, 1.807) is 12.1 Å². The van der Waals surface area contributed by atoms with Crippen LogP contribution < -0.4 is 15.4 Å². The number of carbonyl (C=O) groups excluding carboxylic acids is 2. The summed E-state index contributed by atoms with van der Waals surface area (Å²) in [4.78, 5) is 25.0. The third kappa shape index (κ3) is 4.29. The molecule has 0 aliphatic heterocycles. The maximum absolute atomic E-state index is 13.7. The number of amides is 2. The molecule has 5 nitrogen and oxygen atoms in total. The average Bonchev–Trinajstić information content (AvgIpc) is 2.57. The van der Waals surface area contributed by atoms with Gasteiger partial charge in [0.1, 0.15) is 22.8 Å². The Hall–Kier alpha value is -2.67. The predicted octanol–water partition coefficient (Wildman–Crippen LogP) is 4.23. The molecule has 0 unspecified atom stereocenters. The van der Waals surface area contributed by atoms with E-state index in [2.05, 4.69) is 10.6 Å². The first-order valence-electron chi connectivity index (χ1n) is 7.56. The third-order valence-electron chi connectivity index (χ3n) is 3.72. The minimum Gasteiger partial charge on any atom is -0.495 e. The molecule has 2 aromatic rings. The first kappa shape index (κ1) is 19.7. The van der Waals surface area contributed by atoms with E-state index in [1.807, 2.05) is 0 Å². The molecule has 0 aliphatic carbocycles. The van der Waals surface area contributed by atoms with E-state index in [0.717, 1.165) is 12.1 Å². The molecule has 2 rings (SSSR count). The maximum atomic E-state index is 13.7. The van der Waals surface area contributed by atoms with E-state index >= 15 is 0 Å². The highest BCUT2D eigenvalue weighted by Gasteiger charge is 2.37. The van der Waals surface area contributed by atoms with E-state index in [-0.39, 0.29) is 5.69 Å². The Morgan fingerprint density at radius 3 is 2.19 bits per heavy atom. The Bertz CT molecular complexity index is 856. The molecule has 0 aromatic heterocycles. The van der Waals surface area contributed by atoms with E-state index in [9.17, 15) is 18.4 Å². The topological polar surface area (TPSA) is 67.4 Å². The van der Waals surface area contributed by atoms with Gasteiger partial charge < -0.3 is 15.4 Å². The Morgan fingerprint density at radius 2 is 1.62 bits per heavy atom. The van der Waals surface area contributed by atoms with Crippen molar-refractivity contribution in [1.82, 2.24) is 0 Å². The summed E-state index contributed by atoms with van der Waals surface area (Å²) in [5.41, 5.74) is -1.50. The van der Waals surface area contributed by atoms with Crippen molar-refractivity contribution in [3.8, 4) is 5.75 Å². The lowest BCUT2D eigenvalue weighted by atomic mass is 9.90. The van der Waals surface area contributed by atoms with Gasteiger partial charge in [0.15, 0.2) is 0 Å². The molecule has 0 spiro atoms. The van der Waals surface area contributed by atoms with Crippen molar-refractivity contribution in [3.05, 3.63) is 53.1 Å². The van der Waals surface area contributed by atoms with Gasteiger partial charge in [0.25, 0.3) is 0 Å². The molecule has 0 fully saturated rings. The summed E-state index contributed by atoms with van der Waals surface area (Å²) >= 11 is 5.91. The molecule has 2 N–H and O–H groups in total. The van der Waals surface area contributed by atoms with Crippen LogP contribution in [0.2, 0.25) is 5.02 Å². The fourth-order valence-electron chi connectivity index (χ4n) is 2.03. The second kappa shape index (κ2) is 7.70. The van der Waals surface area contributed by atoms with Crippen molar-refractivity contribution in [2.75, 3.05) is 17.7 Å². The number of methoxy groups -OCH3 is 1. The first-order chi connectivity index (χ1) is 12.1. The van der Waals surface area contributed by atoms with Gasteiger partial charge in [-0.1, -0.05) is 11.6 Å². The van der Waals surface area contributed by atoms with Crippen molar-refractivity contribution in [1.29, 1.82) is 0 Å². The first-order valence-corrected chi connectivity index (χ1v) is 7.94. The monoisotopic (exact) mass is 382 g/mol. The number of anilines is 2. The molecular weight excluding hydrogens is 366 g/mol. The van der Waals surface area contributed by atoms with Gasteiger partial charge in [-0.3, -0.25) is 9.59 Å². The molecule has 0 bridgehead atoms. The zero-order chi connectivity index (χ0) is 19.5. The van der Waals surface area contributed by atoms with Gasteiger partial charge in [0.2, 0.25) is 11.8 Å². The molecule has 8 heteroatoms. The van der Waals surface area contributed by atoms with Crippen LogP contribution in [0.5, 0.6) is 5.75 Å². The van der Waals surface area contributed by atoms with Crippen LogP contribution in [-0.2, 0) is 9.59 Å². The Labute approximate surface area is 154 Å². The molecule has 138 valence electrons. The number of ether oxygens (including phenoxy) is 1. The molecule has 0 heterocycles. The molecule has 0 saturated heterocycles. The summed E-state index contributed by atoms with van der Waals surface area (Å²) in [7, 11) is 1.42. The molecule has 0 saturated carbocycles. The van der Waals surface area contributed by atoms with Gasteiger partial charge in [-0.05, 0) is 44.2 Å². The molecular formula is C18H17ClF2N2O3. The van der Waals surface area contributed by atoms with Gasteiger partial charge in [-0.2, -0.15) is 0 Å². The van der Waals surface area contributed by atoms with Crippen LogP contribution in [0.15, 0.2) is 36.4 Å². The Kier molecular flexibility index (Phi) is 5.82. The second-order valence-electron chi connectivity index (χ2n) is 6.00. The van der Waals surface area contributed by atoms with E-state index in [4.69, 9.17) is 16.3 Å². The second-order valence-corrected chi connectivity index (χ2v) is 6.44. The fourth-order valence-corrected chi connectivity index (χ4v) is 2.20. The number of hydrogen-bond donors (Lipinski definition) is 2. The summed E-state index contributed by atoms with van der Waals surface area (Å²) < 4.78 is 31.8. The minimum absolute atomic E-state index is 0.224. The Morgan fingerprint density at radius 1 is 1.00 bits per heavy atom. The van der Waals surface area contributed by atoms with Crippen molar-refractivity contribution in [2.24, 2.45) is 5.41 Å². The van der Waals surface area contributed by atoms with E-state index < -0.39 is 28.9 Å². The summed E-state index contributed by atoms with van der Waals surface area (Å²) in [6.07, 6.45) is 0. The van der Waals surface area contributed by atoms with Crippen LogP contribution in [0.4, 0.5) is 20.2 Å². The van der Waals surface area contributed by atoms with Crippen LogP contribution in [0, 0.1) is 17.0 Å². The lowest BCUT2D eigenvalue weighted by Crippen LogP contribution is -2.41. The lowest BCUT2D eigenvalue weighted by molar-refractivity contribution is -0.135. The normalized spacial score (nSPS) is 11.0. The van der Waals surface area contributed by atoms with E-state index in [0.29, 0.717) is 22.5 Å². The minimum atomic E-state index is -1.56. The maximum Gasteiger partial charge on any atom is 0.239 e.